The Bertz CT molecular complexity index is 558. The number of hydrogen-bond donors (Lipinski definition) is 1. The molecule has 3 heterocycles. The highest BCUT2D eigenvalue weighted by molar-refractivity contribution is 5.85. The lowest BCUT2D eigenvalue weighted by Crippen LogP contribution is -2.63. The molecule has 8 nitrogen and oxygen atoms in total. The summed E-state index contributed by atoms with van der Waals surface area (Å²) >= 11 is 0. The van der Waals surface area contributed by atoms with Crippen molar-refractivity contribution in [2.45, 2.75) is 38.9 Å². The summed E-state index contributed by atoms with van der Waals surface area (Å²) in [6.07, 6.45) is 0.702. The van der Waals surface area contributed by atoms with Crippen LogP contribution in [-0.2, 0) is 22.6 Å². The first kappa shape index (κ1) is 16.4. The maximum atomic E-state index is 12.0. The first-order valence-electron chi connectivity index (χ1n) is 8.31. The molecule has 128 valence electrons. The van der Waals surface area contributed by atoms with Crippen LogP contribution in [0.1, 0.15) is 24.7 Å². The number of aromatic nitrogens is 3. The van der Waals surface area contributed by atoms with Gasteiger partial charge in [0, 0.05) is 52.3 Å². The van der Waals surface area contributed by atoms with Crippen molar-refractivity contribution in [3.63, 3.8) is 0 Å². The Hall–Kier alpha value is -1.51. The highest BCUT2D eigenvalue weighted by Crippen LogP contribution is 2.27. The number of aryl methyl sites for hydroxylation is 2. The highest BCUT2D eigenvalue weighted by Gasteiger charge is 2.46. The van der Waals surface area contributed by atoms with Crippen molar-refractivity contribution < 1.29 is 9.53 Å². The fourth-order valence-corrected chi connectivity index (χ4v) is 3.57. The van der Waals surface area contributed by atoms with E-state index < -0.39 is 5.54 Å². The molecule has 1 unspecified atom stereocenters. The van der Waals surface area contributed by atoms with Gasteiger partial charge in [-0.15, -0.1) is 5.10 Å². The Morgan fingerprint density at radius 3 is 2.65 bits per heavy atom. The average molecular weight is 322 g/mol. The third-order valence-electron chi connectivity index (χ3n) is 5.14. The molecule has 3 rings (SSSR count). The van der Waals surface area contributed by atoms with E-state index in [9.17, 15) is 4.79 Å². The minimum atomic E-state index is -0.602. The molecule has 2 aliphatic rings. The van der Waals surface area contributed by atoms with Crippen LogP contribution in [0.5, 0.6) is 0 Å². The minimum Gasteiger partial charge on any atom is -0.379 e. The average Bonchev–Trinajstić information content (AvgIpc) is 3.17. The number of carbonyl (C=O) groups excluding carboxylic acids is 1. The molecule has 23 heavy (non-hydrogen) atoms. The summed E-state index contributed by atoms with van der Waals surface area (Å²) in [5.41, 5.74) is 7.24. The second-order valence-corrected chi connectivity index (χ2v) is 6.40. The van der Waals surface area contributed by atoms with E-state index in [2.05, 4.69) is 27.0 Å². The van der Waals surface area contributed by atoms with Crippen LogP contribution in [0.15, 0.2) is 0 Å². The van der Waals surface area contributed by atoms with Gasteiger partial charge in [-0.1, -0.05) is 5.21 Å². The van der Waals surface area contributed by atoms with E-state index in [1.165, 1.54) is 5.69 Å². The molecule has 1 aromatic heterocycles. The highest BCUT2D eigenvalue weighted by atomic mass is 16.5. The monoisotopic (exact) mass is 322 g/mol. The van der Waals surface area contributed by atoms with E-state index in [1.54, 1.807) is 0 Å². The molecule has 0 aromatic carbocycles. The van der Waals surface area contributed by atoms with E-state index in [1.807, 2.05) is 11.6 Å². The number of amides is 1. The summed E-state index contributed by atoms with van der Waals surface area (Å²) in [5.74, 6) is -0.257. The van der Waals surface area contributed by atoms with Gasteiger partial charge in [-0.3, -0.25) is 14.6 Å². The molecule has 2 N–H and O–H groups in total. The number of ether oxygens (including phenoxy) is 1. The summed E-state index contributed by atoms with van der Waals surface area (Å²) < 4.78 is 7.41. The molecule has 0 saturated carbocycles. The first-order valence-corrected chi connectivity index (χ1v) is 8.31. The van der Waals surface area contributed by atoms with Gasteiger partial charge in [0.15, 0.2) is 0 Å². The van der Waals surface area contributed by atoms with Crippen LogP contribution >= 0.6 is 0 Å². The van der Waals surface area contributed by atoms with Gasteiger partial charge in [-0.2, -0.15) is 0 Å². The van der Waals surface area contributed by atoms with Crippen molar-refractivity contribution in [3.05, 3.63) is 11.4 Å². The van der Waals surface area contributed by atoms with Crippen LogP contribution in [0.4, 0.5) is 0 Å². The molecule has 2 fully saturated rings. The Balaban J connectivity index is 1.62. The maximum Gasteiger partial charge on any atom is 0.240 e. The van der Waals surface area contributed by atoms with E-state index >= 15 is 0 Å². The molecule has 2 aliphatic heterocycles. The van der Waals surface area contributed by atoms with Gasteiger partial charge in [-0.05, 0) is 13.8 Å². The molecule has 0 spiro atoms. The summed E-state index contributed by atoms with van der Waals surface area (Å²) in [4.78, 5) is 16.6. The normalized spacial score (nSPS) is 26.7. The van der Waals surface area contributed by atoms with Crippen molar-refractivity contribution in [1.82, 2.24) is 24.8 Å². The fraction of sp³-hybridized carbons (Fsp3) is 0.800. The van der Waals surface area contributed by atoms with E-state index in [4.69, 9.17) is 10.5 Å². The minimum absolute atomic E-state index is 0.257. The van der Waals surface area contributed by atoms with E-state index in [0.29, 0.717) is 19.6 Å². The lowest BCUT2D eigenvalue weighted by atomic mass is 9.94. The van der Waals surface area contributed by atoms with Crippen molar-refractivity contribution in [2.24, 2.45) is 5.73 Å². The van der Waals surface area contributed by atoms with Gasteiger partial charge in [0.2, 0.25) is 5.91 Å². The Morgan fingerprint density at radius 2 is 2.09 bits per heavy atom. The summed E-state index contributed by atoms with van der Waals surface area (Å²) in [7, 11) is 0. The number of primary amides is 1. The van der Waals surface area contributed by atoms with Crippen LogP contribution < -0.4 is 5.73 Å². The second-order valence-electron chi connectivity index (χ2n) is 6.40. The van der Waals surface area contributed by atoms with Crippen molar-refractivity contribution in [3.8, 4) is 0 Å². The van der Waals surface area contributed by atoms with Gasteiger partial charge in [-0.25, -0.2) is 4.68 Å². The van der Waals surface area contributed by atoms with E-state index in [-0.39, 0.29) is 5.91 Å². The predicted octanol–water partition coefficient (Wildman–Crippen LogP) is -0.632. The Morgan fingerprint density at radius 1 is 1.35 bits per heavy atom. The maximum absolute atomic E-state index is 12.0. The van der Waals surface area contributed by atoms with Crippen LogP contribution in [0.3, 0.4) is 0 Å². The molecule has 2 saturated heterocycles. The number of nitrogens with zero attached hydrogens (tertiary/aromatic N) is 5. The van der Waals surface area contributed by atoms with Crippen LogP contribution in [0, 0.1) is 6.92 Å². The zero-order valence-electron chi connectivity index (χ0n) is 14.0. The topological polar surface area (TPSA) is 89.5 Å². The van der Waals surface area contributed by atoms with Gasteiger partial charge in [0.05, 0.1) is 18.0 Å². The third-order valence-corrected chi connectivity index (χ3v) is 5.14. The zero-order valence-corrected chi connectivity index (χ0v) is 14.0. The predicted molar refractivity (Wildman–Crippen MR) is 84.6 cm³/mol. The molecule has 1 aromatic rings. The number of rotatable bonds is 5. The van der Waals surface area contributed by atoms with Crippen LogP contribution in [-0.4, -0.2) is 75.6 Å². The SMILES string of the molecule is CCn1nnc(C)c1CN1CCN(C2(C(N)=O)CCOC2)CC1. The number of hydrogen-bond acceptors (Lipinski definition) is 6. The second kappa shape index (κ2) is 6.54. The summed E-state index contributed by atoms with van der Waals surface area (Å²) in [5, 5.41) is 8.33. The largest absolute Gasteiger partial charge is 0.379 e. The van der Waals surface area contributed by atoms with E-state index in [0.717, 1.165) is 45.0 Å². The van der Waals surface area contributed by atoms with Crippen LogP contribution in [0.25, 0.3) is 0 Å². The standard InChI is InChI=1S/C15H26N6O2/c1-3-21-13(12(2)17-18-21)10-19-5-7-20(8-6-19)15(14(16)22)4-9-23-11-15/h3-11H2,1-2H3,(H2,16,22). The Kier molecular flexibility index (Phi) is 4.65. The molecular weight excluding hydrogens is 296 g/mol. The molecule has 8 heteroatoms. The molecular formula is C15H26N6O2. The number of nitrogens with two attached hydrogens (primary N) is 1. The number of piperazine rings is 1. The van der Waals surface area contributed by atoms with Crippen LogP contribution in [0.2, 0.25) is 0 Å². The molecule has 0 bridgehead atoms. The third kappa shape index (κ3) is 2.98. The molecule has 1 amide bonds. The molecule has 0 radical (unpaired) electrons. The van der Waals surface area contributed by atoms with Crippen molar-refractivity contribution >= 4 is 5.91 Å². The number of carbonyl (C=O) groups is 1. The zero-order chi connectivity index (χ0) is 16.4. The van der Waals surface area contributed by atoms with Crippen molar-refractivity contribution in [1.29, 1.82) is 0 Å². The fourth-order valence-electron chi connectivity index (χ4n) is 3.57. The smallest absolute Gasteiger partial charge is 0.240 e. The van der Waals surface area contributed by atoms with Crippen molar-refractivity contribution in [2.75, 3.05) is 39.4 Å². The summed E-state index contributed by atoms with van der Waals surface area (Å²) in [6.45, 7) is 10.3. The quantitative estimate of drug-likeness (QED) is 0.776. The molecule has 1 atom stereocenters. The lowest BCUT2D eigenvalue weighted by molar-refractivity contribution is -0.132. The summed E-state index contributed by atoms with van der Waals surface area (Å²) in [6, 6.07) is 0. The van der Waals surface area contributed by atoms with Gasteiger partial charge >= 0.3 is 0 Å². The Labute approximate surface area is 136 Å². The van der Waals surface area contributed by atoms with Gasteiger partial charge in [0.25, 0.3) is 0 Å². The van der Waals surface area contributed by atoms with Gasteiger partial charge in [0.1, 0.15) is 5.54 Å². The lowest BCUT2D eigenvalue weighted by Gasteiger charge is -2.43. The van der Waals surface area contributed by atoms with Gasteiger partial charge < -0.3 is 10.5 Å². The molecule has 0 aliphatic carbocycles. The first-order chi connectivity index (χ1) is 11.1.